The van der Waals surface area contributed by atoms with E-state index >= 15 is 0 Å². The summed E-state index contributed by atoms with van der Waals surface area (Å²) in [4.78, 5) is 14.3. The van der Waals surface area contributed by atoms with Crippen LogP contribution in [-0.4, -0.2) is 31.4 Å². The van der Waals surface area contributed by atoms with E-state index in [4.69, 9.17) is 4.42 Å². The molecule has 0 saturated carbocycles. The Hall–Kier alpha value is -2.14. The van der Waals surface area contributed by atoms with E-state index in [2.05, 4.69) is 5.32 Å². The van der Waals surface area contributed by atoms with Crippen molar-refractivity contribution in [3.63, 3.8) is 0 Å². The van der Waals surface area contributed by atoms with E-state index < -0.39 is 0 Å². The van der Waals surface area contributed by atoms with Gasteiger partial charge < -0.3 is 9.73 Å². The van der Waals surface area contributed by atoms with Gasteiger partial charge in [0.15, 0.2) is 0 Å². The predicted octanol–water partition coefficient (Wildman–Crippen LogP) is 3.02. The van der Waals surface area contributed by atoms with Gasteiger partial charge in [-0.15, -0.1) is 0 Å². The Morgan fingerprint density at radius 2 is 2.00 bits per heavy atom. The van der Waals surface area contributed by atoms with Crippen LogP contribution in [0.25, 0.3) is 0 Å². The number of nitrogens with one attached hydrogen (secondary N) is 1. The zero-order valence-electron chi connectivity index (χ0n) is 13.8. The number of hydrogen-bond donors (Lipinski definition) is 1. The molecule has 0 bridgehead atoms. The molecule has 0 fully saturated rings. The minimum absolute atomic E-state index is 0.0328. The molecule has 1 heterocycles. The Kier molecular flexibility index (Phi) is 5.93. The Morgan fingerprint density at radius 3 is 2.61 bits per heavy atom. The fourth-order valence-corrected chi connectivity index (χ4v) is 2.48. The largest absolute Gasteiger partial charge is 0.468 e. The second-order valence-corrected chi connectivity index (χ2v) is 5.94. The van der Waals surface area contributed by atoms with E-state index in [1.807, 2.05) is 31.1 Å². The first-order chi connectivity index (χ1) is 11.0. The molecular formula is C18H23FN2O2. The molecule has 0 aliphatic carbocycles. The summed E-state index contributed by atoms with van der Waals surface area (Å²) < 4.78 is 19.1. The van der Waals surface area contributed by atoms with Gasteiger partial charge in [-0.3, -0.25) is 9.69 Å². The maximum absolute atomic E-state index is 13.7. The minimum Gasteiger partial charge on any atom is -0.468 e. The first-order valence-corrected chi connectivity index (χ1v) is 7.70. The van der Waals surface area contributed by atoms with Gasteiger partial charge in [0.1, 0.15) is 11.6 Å². The average Bonchev–Trinajstić information content (AvgIpc) is 3.03. The quantitative estimate of drug-likeness (QED) is 0.853. The van der Waals surface area contributed by atoms with Crippen LogP contribution in [0.5, 0.6) is 0 Å². The molecular weight excluding hydrogens is 295 g/mol. The molecule has 2 rings (SSSR count). The van der Waals surface area contributed by atoms with Gasteiger partial charge in [0.25, 0.3) is 0 Å². The van der Waals surface area contributed by atoms with E-state index in [9.17, 15) is 9.18 Å². The molecule has 1 N–H and O–H groups in total. The van der Waals surface area contributed by atoms with Gasteiger partial charge in [-0.25, -0.2) is 4.39 Å². The zero-order valence-corrected chi connectivity index (χ0v) is 13.8. The van der Waals surface area contributed by atoms with Crippen LogP contribution in [0.15, 0.2) is 47.1 Å². The molecule has 124 valence electrons. The summed E-state index contributed by atoms with van der Waals surface area (Å²) >= 11 is 0. The number of likely N-dealkylation sites (N-methyl/N-ethyl adjacent to an activating group) is 1. The summed E-state index contributed by atoms with van der Waals surface area (Å²) in [5.41, 5.74) is 0.561. The van der Waals surface area contributed by atoms with Gasteiger partial charge in [0.05, 0.1) is 12.3 Å². The van der Waals surface area contributed by atoms with Crippen molar-refractivity contribution in [1.82, 2.24) is 10.2 Å². The first kappa shape index (κ1) is 17.2. The van der Waals surface area contributed by atoms with Crippen molar-refractivity contribution in [2.75, 3.05) is 20.6 Å². The normalized spacial score (nSPS) is 13.8. The second-order valence-electron chi connectivity index (χ2n) is 5.94. The van der Waals surface area contributed by atoms with Crippen molar-refractivity contribution >= 4 is 5.91 Å². The number of carbonyl (C=O) groups excluding carboxylic acids is 1. The lowest BCUT2D eigenvalue weighted by molar-refractivity contribution is -0.124. The van der Waals surface area contributed by atoms with Gasteiger partial charge in [0.2, 0.25) is 5.91 Å². The third kappa shape index (κ3) is 4.66. The average molecular weight is 318 g/mol. The molecule has 5 heteroatoms. The highest BCUT2D eigenvalue weighted by atomic mass is 19.1. The Morgan fingerprint density at radius 1 is 1.26 bits per heavy atom. The molecule has 0 spiro atoms. The molecule has 1 aromatic carbocycles. The van der Waals surface area contributed by atoms with Crippen LogP contribution in [0.4, 0.5) is 4.39 Å². The summed E-state index contributed by atoms with van der Waals surface area (Å²) in [5.74, 6) is 0.143. The molecule has 0 aliphatic rings. The highest BCUT2D eigenvalue weighted by Gasteiger charge is 2.20. The second kappa shape index (κ2) is 7.92. The molecule has 2 aromatic rings. The Balaban J connectivity index is 1.92. The molecule has 23 heavy (non-hydrogen) atoms. The number of furan rings is 1. The summed E-state index contributed by atoms with van der Waals surface area (Å²) in [6, 6.07) is 10.2. The fourth-order valence-electron chi connectivity index (χ4n) is 2.48. The number of amides is 1. The summed E-state index contributed by atoms with van der Waals surface area (Å²) in [5, 5.41) is 2.93. The van der Waals surface area contributed by atoms with Crippen LogP contribution in [0, 0.1) is 11.7 Å². The number of benzene rings is 1. The third-order valence-corrected chi connectivity index (χ3v) is 3.90. The maximum Gasteiger partial charge on any atom is 0.223 e. The van der Waals surface area contributed by atoms with Crippen LogP contribution in [0.1, 0.15) is 24.3 Å². The molecule has 2 unspecified atom stereocenters. The number of nitrogens with zero attached hydrogens (tertiary/aromatic N) is 1. The van der Waals surface area contributed by atoms with E-state index in [0.29, 0.717) is 18.5 Å². The van der Waals surface area contributed by atoms with Gasteiger partial charge in [-0.2, -0.15) is 0 Å². The lowest BCUT2D eigenvalue weighted by Gasteiger charge is -2.23. The Bertz CT molecular complexity index is 626. The maximum atomic E-state index is 13.7. The van der Waals surface area contributed by atoms with Crippen LogP contribution >= 0.6 is 0 Å². The van der Waals surface area contributed by atoms with Gasteiger partial charge >= 0.3 is 0 Å². The lowest BCUT2D eigenvalue weighted by atomic mass is 10.00. The van der Waals surface area contributed by atoms with Gasteiger partial charge in [0, 0.05) is 12.5 Å². The molecule has 2 atom stereocenters. The standard InChI is InChI=1S/C18H23FN2O2/c1-13(11-14-7-4-5-8-15(14)19)18(22)20-12-16(21(2)3)17-9-6-10-23-17/h4-10,13,16H,11-12H2,1-3H3,(H,20,22). The van der Waals surface area contributed by atoms with Crippen molar-refractivity contribution in [2.24, 2.45) is 5.92 Å². The van der Waals surface area contributed by atoms with Crippen LogP contribution in [-0.2, 0) is 11.2 Å². The number of carbonyl (C=O) groups is 1. The van der Waals surface area contributed by atoms with Crippen molar-refractivity contribution in [3.8, 4) is 0 Å². The number of hydrogen-bond acceptors (Lipinski definition) is 3. The Labute approximate surface area is 136 Å². The smallest absolute Gasteiger partial charge is 0.223 e. The number of rotatable bonds is 7. The van der Waals surface area contributed by atoms with Gasteiger partial charge in [-0.1, -0.05) is 25.1 Å². The topological polar surface area (TPSA) is 45.5 Å². The predicted molar refractivity (Wildman–Crippen MR) is 87.4 cm³/mol. The van der Waals surface area contributed by atoms with E-state index in [1.54, 1.807) is 31.4 Å². The van der Waals surface area contributed by atoms with E-state index in [1.165, 1.54) is 6.07 Å². The van der Waals surface area contributed by atoms with Crippen molar-refractivity contribution in [2.45, 2.75) is 19.4 Å². The summed E-state index contributed by atoms with van der Waals surface area (Å²) in [6.45, 7) is 2.25. The fraction of sp³-hybridized carbons (Fsp3) is 0.389. The molecule has 0 radical (unpaired) electrons. The first-order valence-electron chi connectivity index (χ1n) is 7.70. The summed E-state index contributed by atoms with van der Waals surface area (Å²) in [6.07, 6.45) is 2.00. The summed E-state index contributed by atoms with van der Waals surface area (Å²) in [7, 11) is 3.87. The minimum atomic E-state index is -0.300. The van der Waals surface area contributed by atoms with Crippen molar-refractivity contribution < 1.29 is 13.6 Å². The molecule has 0 aliphatic heterocycles. The molecule has 0 saturated heterocycles. The molecule has 4 nitrogen and oxygen atoms in total. The van der Waals surface area contributed by atoms with Crippen LogP contribution in [0.3, 0.4) is 0 Å². The zero-order chi connectivity index (χ0) is 16.8. The van der Waals surface area contributed by atoms with Gasteiger partial charge in [-0.05, 0) is 44.3 Å². The van der Waals surface area contributed by atoms with Crippen LogP contribution < -0.4 is 5.32 Å². The van der Waals surface area contributed by atoms with Crippen LogP contribution in [0.2, 0.25) is 0 Å². The highest BCUT2D eigenvalue weighted by Crippen LogP contribution is 2.18. The van der Waals surface area contributed by atoms with Crippen molar-refractivity contribution in [3.05, 3.63) is 59.8 Å². The van der Waals surface area contributed by atoms with E-state index in [-0.39, 0.29) is 23.7 Å². The lowest BCUT2D eigenvalue weighted by Crippen LogP contribution is -2.37. The third-order valence-electron chi connectivity index (χ3n) is 3.90. The molecule has 1 aromatic heterocycles. The SMILES string of the molecule is CC(Cc1ccccc1F)C(=O)NCC(c1ccco1)N(C)C. The van der Waals surface area contributed by atoms with Crippen molar-refractivity contribution in [1.29, 1.82) is 0 Å². The molecule has 1 amide bonds. The highest BCUT2D eigenvalue weighted by molar-refractivity contribution is 5.78. The monoisotopic (exact) mass is 318 g/mol. The van der Waals surface area contributed by atoms with E-state index in [0.717, 1.165) is 5.76 Å². The number of halogens is 1.